The van der Waals surface area contributed by atoms with E-state index in [0.29, 0.717) is 6.42 Å². The first-order valence-corrected chi connectivity index (χ1v) is 27.3. The minimum Gasteiger partial charge on any atom is -0.394 e. The summed E-state index contributed by atoms with van der Waals surface area (Å²) in [7, 11) is 0. The number of aliphatic hydroxyl groups excluding tert-OH is 5. The fourth-order valence-electron chi connectivity index (χ4n) is 8.12. The van der Waals surface area contributed by atoms with Crippen molar-refractivity contribution >= 4 is 5.91 Å². The molecule has 7 atom stereocenters. The Bertz CT molecular complexity index is 1320. The minimum absolute atomic E-state index is 0.193. The Labute approximate surface area is 410 Å². The summed E-state index contributed by atoms with van der Waals surface area (Å²) in [5.41, 5.74) is 0. The quantitative estimate of drug-likeness (QED) is 0.0261. The zero-order chi connectivity index (χ0) is 48.7. The highest BCUT2D eigenvalue weighted by molar-refractivity contribution is 5.76. The largest absolute Gasteiger partial charge is 0.394 e. The first kappa shape index (κ1) is 62.4. The van der Waals surface area contributed by atoms with Crippen molar-refractivity contribution in [3.63, 3.8) is 0 Å². The van der Waals surface area contributed by atoms with Crippen molar-refractivity contribution in [3.05, 3.63) is 85.1 Å². The van der Waals surface area contributed by atoms with Gasteiger partial charge in [-0.25, -0.2) is 0 Å². The number of aliphatic hydroxyl groups is 5. The molecule has 6 N–H and O–H groups in total. The van der Waals surface area contributed by atoms with E-state index in [2.05, 4.69) is 92.1 Å². The number of hydrogen-bond donors (Lipinski definition) is 6. The first-order chi connectivity index (χ1) is 32.8. The highest BCUT2D eigenvalue weighted by Crippen LogP contribution is 2.23. The SMILES string of the molecule is CC/C=C\C/C=C\C/C=C\C/C=C\CCCCCCCCCCCCCCCCCCC(=O)NC(COC1OC(CO)C(O)C(O)C1O)C(O)/C=C/CC/C=C/CC/C=C/CCCCCCC. The number of amides is 1. The van der Waals surface area contributed by atoms with Crippen LogP contribution in [0.1, 0.15) is 219 Å². The lowest BCUT2D eigenvalue weighted by atomic mass is 9.99. The summed E-state index contributed by atoms with van der Waals surface area (Å²) in [6, 6.07) is -0.831. The van der Waals surface area contributed by atoms with Gasteiger partial charge in [0.25, 0.3) is 0 Å². The van der Waals surface area contributed by atoms with Gasteiger partial charge in [0.05, 0.1) is 25.4 Å². The Morgan fingerprint density at radius 1 is 0.522 bits per heavy atom. The van der Waals surface area contributed by atoms with E-state index < -0.39 is 49.5 Å². The molecule has 0 aromatic heterocycles. The average molecular weight is 940 g/mol. The summed E-state index contributed by atoms with van der Waals surface area (Å²) < 4.78 is 11.2. The lowest BCUT2D eigenvalue weighted by molar-refractivity contribution is -0.302. The van der Waals surface area contributed by atoms with Crippen molar-refractivity contribution in [2.24, 2.45) is 0 Å². The Balaban J connectivity index is 2.22. The summed E-state index contributed by atoms with van der Waals surface area (Å²) in [6.07, 6.45) is 59.3. The molecular weight excluding hydrogens is 839 g/mol. The molecule has 0 spiro atoms. The van der Waals surface area contributed by atoms with Gasteiger partial charge >= 0.3 is 0 Å². The van der Waals surface area contributed by atoms with E-state index in [4.69, 9.17) is 9.47 Å². The molecule has 0 aromatic carbocycles. The Morgan fingerprint density at radius 3 is 1.43 bits per heavy atom. The minimum atomic E-state index is -1.58. The molecule has 1 saturated heterocycles. The number of allylic oxidation sites excluding steroid dienone is 13. The normalized spacial score (nSPS) is 20.4. The Hall–Kier alpha value is -2.63. The second-order valence-corrected chi connectivity index (χ2v) is 18.6. The third-order valence-electron chi connectivity index (χ3n) is 12.4. The van der Waals surface area contributed by atoms with Crippen LogP contribution in [0.25, 0.3) is 0 Å². The van der Waals surface area contributed by atoms with E-state index in [9.17, 15) is 30.3 Å². The van der Waals surface area contributed by atoms with Gasteiger partial charge in [0, 0.05) is 6.42 Å². The maximum Gasteiger partial charge on any atom is 0.220 e. The monoisotopic (exact) mass is 940 g/mol. The molecule has 386 valence electrons. The van der Waals surface area contributed by atoms with Crippen LogP contribution in [0.2, 0.25) is 0 Å². The van der Waals surface area contributed by atoms with Crippen molar-refractivity contribution < 1.29 is 39.8 Å². The van der Waals surface area contributed by atoms with Gasteiger partial charge in [-0.1, -0.05) is 214 Å². The predicted octanol–water partition coefficient (Wildman–Crippen LogP) is 13.1. The Kier molecular flexibility index (Phi) is 43.8. The maximum absolute atomic E-state index is 13.0. The molecule has 0 aliphatic carbocycles. The number of carbonyl (C=O) groups is 1. The van der Waals surface area contributed by atoms with Crippen molar-refractivity contribution in [2.45, 2.75) is 262 Å². The number of carbonyl (C=O) groups excluding carboxylic acids is 1. The second kappa shape index (κ2) is 47.1. The molecule has 1 rings (SSSR count). The standard InChI is InChI=1S/C58H101NO8/c1-3-5-7-9-11-13-15-17-19-20-21-22-23-24-25-26-27-28-29-30-31-32-34-36-38-40-42-44-46-48-54(62)59-51(50-66-58-57(65)56(64)55(63)53(49-60)67-58)52(61)47-45-43-41-39-37-35-33-18-16-14-12-10-8-6-4-2/h5,7,11,13,16-19,21-22,37,39,45,47,51-53,55-58,60-61,63-65H,3-4,6,8-10,12,14-15,20,23-36,38,40-44,46,48-50H2,1-2H3,(H,59,62)/b7-5-,13-11-,18-16+,19-17-,22-21-,39-37+,47-45+. The first-order valence-electron chi connectivity index (χ1n) is 27.3. The van der Waals surface area contributed by atoms with Crippen molar-refractivity contribution in [1.82, 2.24) is 5.32 Å². The summed E-state index contributed by atoms with van der Waals surface area (Å²) >= 11 is 0. The molecule has 0 aromatic rings. The molecule has 1 aliphatic heterocycles. The van der Waals surface area contributed by atoms with Gasteiger partial charge < -0.3 is 40.3 Å². The molecule has 0 bridgehead atoms. The lowest BCUT2D eigenvalue weighted by Gasteiger charge is -2.40. The molecule has 1 aliphatic rings. The van der Waals surface area contributed by atoms with E-state index in [-0.39, 0.29) is 12.5 Å². The van der Waals surface area contributed by atoms with Gasteiger partial charge in [-0.05, 0) is 83.5 Å². The van der Waals surface area contributed by atoms with E-state index in [1.54, 1.807) is 6.08 Å². The van der Waals surface area contributed by atoms with Crippen LogP contribution in [0.3, 0.4) is 0 Å². The van der Waals surface area contributed by atoms with Crippen LogP contribution in [0, 0.1) is 0 Å². The Morgan fingerprint density at radius 2 is 0.940 bits per heavy atom. The summed E-state index contributed by atoms with van der Waals surface area (Å²) in [5.74, 6) is -0.193. The van der Waals surface area contributed by atoms with Crippen LogP contribution in [-0.4, -0.2) is 87.5 Å². The highest BCUT2D eigenvalue weighted by Gasteiger charge is 2.44. The van der Waals surface area contributed by atoms with Crippen molar-refractivity contribution in [2.75, 3.05) is 13.2 Å². The van der Waals surface area contributed by atoms with Crippen LogP contribution in [0.5, 0.6) is 0 Å². The topological polar surface area (TPSA) is 149 Å². The van der Waals surface area contributed by atoms with E-state index in [1.165, 1.54) is 122 Å². The average Bonchev–Trinajstić information content (AvgIpc) is 3.33. The van der Waals surface area contributed by atoms with Gasteiger partial charge in [-0.15, -0.1) is 0 Å². The van der Waals surface area contributed by atoms with Gasteiger partial charge in [-0.3, -0.25) is 4.79 Å². The number of unbranched alkanes of at least 4 members (excludes halogenated alkanes) is 23. The fourth-order valence-corrected chi connectivity index (χ4v) is 8.12. The number of ether oxygens (including phenoxy) is 2. The number of hydrogen-bond acceptors (Lipinski definition) is 8. The molecule has 7 unspecified atom stereocenters. The van der Waals surface area contributed by atoms with Crippen LogP contribution in [0.4, 0.5) is 0 Å². The summed E-state index contributed by atoms with van der Waals surface area (Å²) in [5, 5.41) is 54.3. The van der Waals surface area contributed by atoms with Gasteiger partial charge in [0.1, 0.15) is 24.4 Å². The van der Waals surface area contributed by atoms with Gasteiger partial charge in [0.15, 0.2) is 6.29 Å². The zero-order valence-corrected chi connectivity index (χ0v) is 42.6. The van der Waals surface area contributed by atoms with Crippen LogP contribution in [-0.2, 0) is 14.3 Å². The van der Waals surface area contributed by atoms with Crippen LogP contribution in [0.15, 0.2) is 85.1 Å². The van der Waals surface area contributed by atoms with E-state index in [0.717, 1.165) is 77.0 Å². The molecular formula is C58H101NO8. The smallest absolute Gasteiger partial charge is 0.220 e. The second-order valence-electron chi connectivity index (χ2n) is 18.6. The summed E-state index contributed by atoms with van der Waals surface area (Å²) in [4.78, 5) is 13.0. The van der Waals surface area contributed by atoms with Crippen molar-refractivity contribution in [1.29, 1.82) is 0 Å². The molecule has 9 nitrogen and oxygen atoms in total. The number of nitrogens with one attached hydrogen (secondary N) is 1. The highest BCUT2D eigenvalue weighted by atomic mass is 16.7. The molecule has 0 radical (unpaired) electrons. The lowest BCUT2D eigenvalue weighted by Crippen LogP contribution is -2.60. The van der Waals surface area contributed by atoms with Gasteiger partial charge in [-0.2, -0.15) is 0 Å². The maximum atomic E-state index is 13.0. The third kappa shape index (κ3) is 36.9. The molecule has 1 fully saturated rings. The van der Waals surface area contributed by atoms with E-state index in [1.807, 2.05) is 6.08 Å². The third-order valence-corrected chi connectivity index (χ3v) is 12.4. The number of rotatable bonds is 45. The van der Waals surface area contributed by atoms with Crippen LogP contribution >= 0.6 is 0 Å². The van der Waals surface area contributed by atoms with Gasteiger partial charge in [0.2, 0.25) is 5.91 Å². The van der Waals surface area contributed by atoms with Crippen molar-refractivity contribution in [3.8, 4) is 0 Å². The molecule has 1 heterocycles. The molecule has 0 saturated carbocycles. The molecule has 1 amide bonds. The predicted molar refractivity (Wildman–Crippen MR) is 281 cm³/mol. The zero-order valence-electron chi connectivity index (χ0n) is 42.6. The van der Waals surface area contributed by atoms with E-state index >= 15 is 0 Å². The molecule has 9 heteroatoms. The fraction of sp³-hybridized carbons (Fsp3) is 0.741. The molecule has 67 heavy (non-hydrogen) atoms. The van der Waals surface area contributed by atoms with Crippen LogP contribution < -0.4 is 5.32 Å². The summed E-state index contributed by atoms with van der Waals surface area (Å²) in [6.45, 7) is 3.62.